The van der Waals surface area contributed by atoms with Gasteiger partial charge in [-0.2, -0.15) is 0 Å². The minimum Gasteiger partial charge on any atom is -0.395 e. The van der Waals surface area contributed by atoms with E-state index in [0.29, 0.717) is 4.57 Å². The van der Waals surface area contributed by atoms with Gasteiger partial charge in [0.1, 0.15) is 11.6 Å². The summed E-state index contributed by atoms with van der Waals surface area (Å²) in [5.74, 6) is -2.66. The molecule has 9 heteroatoms. The van der Waals surface area contributed by atoms with Gasteiger partial charge < -0.3 is 24.3 Å². The Hall–Kier alpha value is -3.04. The van der Waals surface area contributed by atoms with Gasteiger partial charge >= 0.3 is 6.29 Å². The number of Topliss-reactive ketones (excluding diaryl/α,β-unsaturated/α-hetero) is 1. The summed E-state index contributed by atoms with van der Waals surface area (Å²) < 4.78 is 129. The van der Waals surface area contributed by atoms with Crippen LogP contribution in [0.5, 0.6) is 11.5 Å². The van der Waals surface area contributed by atoms with Gasteiger partial charge in [-0.1, -0.05) is 26.8 Å². The summed E-state index contributed by atoms with van der Waals surface area (Å²) in [4.78, 5) is 13.7. The van der Waals surface area contributed by atoms with Crippen LogP contribution in [-0.4, -0.2) is 39.5 Å². The van der Waals surface area contributed by atoms with Crippen molar-refractivity contribution in [1.29, 1.82) is 0 Å². The van der Waals surface area contributed by atoms with Gasteiger partial charge in [0.25, 0.3) is 0 Å². The molecule has 2 aromatic carbocycles. The molecule has 2 heterocycles. The van der Waals surface area contributed by atoms with Crippen molar-refractivity contribution in [3.8, 4) is 11.5 Å². The topological polar surface area (TPSA) is 80.9 Å². The van der Waals surface area contributed by atoms with Crippen molar-refractivity contribution in [3.63, 3.8) is 0 Å². The largest absolute Gasteiger partial charge is 0.586 e. The van der Waals surface area contributed by atoms with Crippen LogP contribution in [0.3, 0.4) is 0 Å². The highest BCUT2D eigenvalue weighted by Crippen LogP contribution is 2.52. The fourth-order valence-electron chi connectivity index (χ4n) is 4.43. The van der Waals surface area contributed by atoms with E-state index in [1.165, 1.54) is 25.1 Å². The van der Waals surface area contributed by atoms with Crippen LogP contribution in [0.4, 0.5) is 13.2 Å². The number of carbonyl (C=O) groups is 1. The van der Waals surface area contributed by atoms with Gasteiger partial charge in [-0.15, -0.1) is 8.78 Å². The molecule has 0 saturated heterocycles. The molecule has 37 heavy (non-hydrogen) atoms. The maximum absolute atomic E-state index is 16.1. The number of ether oxygens (including phenoxy) is 2. The zero-order valence-corrected chi connectivity index (χ0v) is 20.0. The Morgan fingerprint density at radius 1 is 1.32 bits per heavy atom. The van der Waals surface area contributed by atoms with Gasteiger partial charge in [0.2, 0.25) is 0 Å². The van der Waals surface area contributed by atoms with Crippen molar-refractivity contribution in [1.82, 2.24) is 4.57 Å². The molecule has 2 aliphatic rings. The Balaban J connectivity index is 1.71. The lowest BCUT2D eigenvalue weighted by Gasteiger charge is -2.26. The van der Waals surface area contributed by atoms with Crippen LogP contribution in [0, 0.1) is 5.82 Å². The number of benzene rings is 2. The molecule has 0 amide bonds. The van der Waals surface area contributed by atoms with Gasteiger partial charge in [0.15, 0.2) is 11.5 Å². The molecular weight excluding hydrogens is 487 g/mol. The molecule has 198 valence electrons. The van der Waals surface area contributed by atoms with Crippen LogP contribution < -0.4 is 9.47 Å². The third-order valence-corrected chi connectivity index (χ3v) is 6.89. The number of fused-ring (bicyclic) bond motifs is 2. The molecule has 1 unspecified atom stereocenters. The zero-order valence-electron chi connectivity index (χ0n) is 29.0. The second kappa shape index (κ2) is 8.77. The summed E-state index contributed by atoms with van der Waals surface area (Å²) >= 11 is 0. The third kappa shape index (κ3) is 4.48. The first-order valence-corrected chi connectivity index (χ1v) is 11.6. The average molecular weight is 527 g/mol. The van der Waals surface area contributed by atoms with Gasteiger partial charge in [-0.25, -0.2) is 4.39 Å². The predicted octanol–water partition coefficient (Wildman–Crippen LogP) is 4.99. The van der Waals surface area contributed by atoms with E-state index in [4.69, 9.17) is 12.3 Å². The average Bonchev–Trinajstić information content (AvgIpc) is 3.62. The monoisotopic (exact) mass is 526 g/mol. The highest BCUT2D eigenvalue weighted by molar-refractivity contribution is 5.95. The molecule has 5 rings (SSSR count). The first-order chi connectivity index (χ1) is 21.0. The predicted molar refractivity (Wildman–Crippen MR) is 131 cm³/mol. The molecule has 2 atom stereocenters. The summed E-state index contributed by atoms with van der Waals surface area (Å²) in [5.41, 5.74) is -5.22. The molecule has 0 spiro atoms. The van der Waals surface area contributed by atoms with Crippen molar-refractivity contribution in [2.45, 2.75) is 76.1 Å². The number of hydrogen-bond donors (Lipinski definition) is 2. The van der Waals surface area contributed by atoms with E-state index in [-0.39, 0.29) is 36.3 Å². The number of hydrogen-bond acceptors (Lipinski definition) is 5. The zero-order chi connectivity index (χ0) is 34.6. The molecular formula is C28H30F3NO5. The molecule has 1 aliphatic carbocycles. The first kappa shape index (κ1) is 16.7. The standard InChI is InChI=1S/C28H30F3NO5/c1-4-26(2,3)24-10-17-9-16(20(29)13-21(17)32(24)14-19(34)15-33)11-25(35)27(7-8-27)18-5-6-22-23(12-18)37-28(30,31)36-22/h5-6,9-10,12-13,19,33-34H,4,7-8,11,14-15H2,1-3H3/t19-/m1/s1/i2D3,9D,10D,13D,14D2,19D/t19-,26?. The van der Waals surface area contributed by atoms with Crippen molar-refractivity contribution < 1.29 is 50.0 Å². The van der Waals surface area contributed by atoms with Gasteiger partial charge in [0, 0.05) is 27.0 Å². The van der Waals surface area contributed by atoms with Crippen molar-refractivity contribution in [2.24, 2.45) is 0 Å². The summed E-state index contributed by atoms with van der Waals surface area (Å²) in [5, 5.41) is 19.6. The van der Waals surface area contributed by atoms with E-state index in [2.05, 4.69) is 9.47 Å². The highest BCUT2D eigenvalue weighted by Gasteiger charge is 2.52. The molecule has 2 N–H and O–H groups in total. The lowest BCUT2D eigenvalue weighted by atomic mass is 9.86. The van der Waals surface area contributed by atoms with Gasteiger partial charge in [-0.3, -0.25) is 4.79 Å². The van der Waals surface area contributed by atoms with Crippen molar-refractivity contribution in [3.05, 3.63) is 59.0 Å². The van der Waals surface area contributed by atoms with E-state index >= 15 is 4.39 Å². The number of ketones is 1. The van der Waals surface area contributed by atoms with Crippen molar-refractivity contribution in [2.75, 3.05) is 6.61 Å². The molecule has 1 aromatic heterocycles. The maximum atomic E-state index is 16.1. The maximum Gasteiger partial charge on any atom is 0.586 e. The van der Waals surface area contributed by atoms with Crippen LogP contribution in [0.2, 0.25) is 0 Å². The number of aliphatic hydroxyl groups is 2. The molecule has 1 saturated carbocycles. The Labute approximate surface area is 225 Å². The van der Waals surface area contributed by atoms with E-state index < -0.39 is 101 Å². The minimum absolute atomic E-state index is 0.244. The van der Waals surface area contributed by atoms with Crippen molar-refractivity contribution >= 4 is 16.7 Å². The van der Waals surface area contributed by atoms with Crippen LogP contribution in [-0.2, 0) is 28.5 Å². The Morgan fingerprint density at radius 3 is 2.70 bits per heavy atom. The van der Waals surface area contributed by atoms with Crippen LogP contribution in [0.1, 0.15) is 69.1 Å². The molecule has 6 nitrogen and oxygen atoms in total. The third-order valence-electron chi connectivity index (χ3n) is 6.89. The van der Waals surface area contributed by atoms with Crippen LogP contribution >= 0.6 is 0 Å². The molecule has 1 fully saturated rings. The van der Waals surface area contributed by atoms with E-state index in [0.717, 1.165) is 6.92 Å². The number of carbonyl (C=O) groups excluding carboxylic acids is 1. The van der Waals surface area contributed by atoms with Crippen LogP contribution in [0.25, 0.3) is 10.9 Å². The lowest BCUT2D eigenvalue weighted by molar-refractivity contribution is -0.286. The van der Waals surface area contributed by atoms with Gasteiger partial charge in [0.05, 0.1) is 38.3 Å². The summed E-state index contributed by atoms with van der Waals surface area (Å²) in [6.45, 7) is -5.35. The number of alkyl halides is 2. The first-order valence-electron chi connectivity index (χ1n) is 16.1. The summed E-state index contributed by atoms with van der Waals surface area (Å²) in [6, 6.07) is 1.04. The fourth-order valence-corrected chi connectivity index (χ4v) is 4.43. The van der Waals surface area contributed by atoms with E-state index in [1.54, 1.807) is 0 Å². The SMILES string of the molecule is [2H]c1c(CC(=O)C2(c3ccc4c(c3)OC(F)(F)O4)CC2)c(F)c([2H])c2c1c([2H])c(C(C)(CC)C([2H])([2H])[2H])n2C([2H])([2H])[C@@]([2H])(O)CO. The summed E-state index contributed by atoms with van der Waals surface area (Å²) in [6.07, 6.45) is -7.86. The molecule has 1 aliphatic heterocycles. The highest BCUT2D eigenvalue weighted by atomic mass is 19.3. The van der Waals surface area contributed by atoms with E-state index in [9.17, 15) is 23.8 Å². The lowest BCUT2D eigenvalue weighted by Crippen LogP contribution is -2.26. The number of aromatic nitrogens is 1. The summed E-state index contributed by atoms with van der Waals surface area (Å²) in [7, 11) is 0. The Morgan fingerprint density at radius 2 is 2.05 bits per heavy atom. The number of rotatable bonds is 9. The number of nitrogens with zero attached hydrogens (tertiary/aromatic N) is 1. The molecule has 0 bridgehead atoms. The van der Waals surface area contributed by atoms with Gasteiger partial charge in [-0.05, 0) is 60.6 Å². The molecule has 0 radical (unpaired) electrons. The molecule has 3 aromatic rings. The van der Waals surface area contributed by atoms with Crippen LogP contribution in [0.15, 0.2) is 36.3 Å². The quantitative estimate of drug-likeness (QED) is 0.411. The van der Waals surface area contributed by atoms with E-state index in [1.807, 2.05) is 0 Å². The second-order valence-electron chi connectivity index (χ2n) is 9.49. The Bertz CT molecular complexity index is 1770. The second-order valence-corrected chi connectivity index (χ2v) is 9.49. The minimum atomic E-state index is -3.90. The fraction of sp³-hybridized carbons (Fsp3) is 0.464. The normalized spacial score (nSPS) is 24.7. The number of aliphatic hydroxyl groups excluding tert-OH is 1. The smallest absolute Gasteiger partial charge is 0.395 e. The Kier molecular flexibility index (Phi) is 3.97. The number of halogens is 3.